The first kappa shape index (κ1) is 13.6. The van der Waals surface area contributed by atoms with Crippen LogP contribution in [-0.4, -0.2) is 16.7 Å². The molecule has 0 saturated carbocycles. The van der Waals surface area contributed by atoms with E-state index in [0.29, 0.717) is 5.69 Å². The Morgan fingerprint density at radius 2 is 2.12 bits per heavy atom. The van der Waals surface area contributed by atoms with E-state index < -0.39 is 11.7 Å². The highest BCUT2D eigenvalue weighted by molar-refractivity contribution is 7.81. The lowest BCUT2D eigenvalue weighted by atomic mass is 10.2. The number of carbonyl (C=O) groups excluding carboxylic acids is 1. The van der Waals surface area contributed by atoms with Gasteiger partial charge in [0.15, 0.2) is 0 Å². The van der Waals surface area contributed by atoms with Crippen LogP contribution in [0.4, 0.5) is 16.2 Å². The molecule has 1 aromatic rings. The van der Waals surface area contributed by atoms with Crippen molar-refractivity contribution in [1.29, 1.82) is 0 Å². The van der Waals surface area contributed by atoms with E-state index in [2.05, 4.69) is 27.8 Å². The summed E-state index contributed by atoms with van der Waals surface area (Å²) in [6, 6.07) is 1.74. The van der Waals surface area contributed by atoms with Crippen LogP contribution in [0.15, 0.2) is 12.3 Å². The second-order valence-electron chi connectivity index (χ2n) is 4.60. The van der Waals surface area contributed by atoms with Crippen LogP contribution in [0.25, 0.3) is 0 Å². The molecule has 0 aliphatic carbocycles. The number of ether oxygens (including phenoxy) is 1. The summed E-state index contributed by atoms with van der Waals surface area (Å²) in [5, 5.41) is 2.60. The second-order valence-corrected chi connectivity index (χ2v) is 4.82. The summed E-state index contributed by atoms with van der Waals surface area (Å²) >= 11 is 3.95. The number of pyridine rings is 1. The summed E-state index contributed by atoms with van der Waals surface area (Å²) in [5.41, 5.74) is 1.57. The number of hydrogen-bond donors (Lipinski definition) is 3. The van der Waals surface area contributed by atoms with Gasteiger partial charge in [-0.05, 0) is 33.8 Å². The maximum Gasteiger partial charge on any atom is 0.412 e. The monoisotopic (exact) mass is 255 g/mol. The molecule has 0 bridgehead atoms. The Kier molecular flexibility index (Phi) is 4.22. The van der Waals surface area contributed by atoms with Crippen LogP contribution in [0, 0.1) is 6.92 Å². The number of hydrogen-bond acceptors (Lipinski definition) is 5. The van der Waals surface area contributed by atoms with Gasteiger partial charge < -0.3 is 9.46 Å². The average molecular weight is 255 g/mol. The summed E-state index contributed by atoms with van der Waals surface area (Å²) in [6.45, 7) is 7.26. The molecule has 0 aliphatic rings. The van der Waals surface area contributed by atoms with Gasteiger partial charge in [0.2, 0.25) is 0 Å². The summed E-state index contributed by atoms with van der Waals surface area (Å²) < 4.78 is 7.83. The smallest absolute Gasteiger partial charge is 0.412 e. The van der Waals surface area contributed by atoms with Crippen LogP contribution in [0.5, 0.6) is 0 Å². The second kappa shape index (κ2) is 5.27. The number of nitrogens with zero attached hydrogens (tertiary/aromatic N) is 1. The summed E-state index contributed by atoms with van der Waals surface area (Å²) in [7, 11) is 0. The van der Waals surface area contributed by atoms with E-state index in [9.17, 15) is 4.79 Å². The number of aryl methyl sites for hydroxylation is 1. The number of nitrogens with one attached hydrogen (secondary N) is 2. The number of carbonyl (C=O) groups is 1. The minimum Gasteiger partial charge on any atom is -0.444 e. The summed E-state index contributed by atoms with van der Waals surface area (Å²) in [4.78, 5) is 15.6. The predicted octanol–water partition coefficient (Wildman–Crippen LogP) is 2.99. The summed E-state index contributed by atoms with van der Waals surface area (Å²) in [6.07, 6.45) is 1.06. The maximum absolute atomic E-state index is 11.5. The van der Waals surface area contributed by atoms with Gasteiger partial charge in [0, 0.05) is 0 Å². The minimum atomic E-state index is -0.521. The van der Waals surface area contributed by atoms with E-state index in [1.165, 1.54) is 0 Å². The van der Waals surface area contributed by atoms with Gasteiger partial charge in [0.05, 0.1) is 23.3 Å². The molecule has 0 radical (unpaired) electrons. The molecule has 1 rings (SSSR count). The number of thiol groups is 1. The van der Waals surface area contributed by atoms with E-state index in [1.54, 1.807) is 33.0 Å². The van der Waals surface area contributed by atoms with Crippen LogP contribution >= 0.6 is 12.8 Å². The van der Waals surface area contributed by atoms with Gasteiger partial charge >= 0.3 is 6.09 Å². The lowest BCUT2D eigenvalue weighted by Gasteiger charge is -2.19. The first-order chi connectivity index (χ1) is 7.81. The first-order valence-corrected chi connectivity index (χ1v) is 5.63. The molecule has 1 amide bonds. The molecule has 1 aromatic heterocycles. The van der Waals surface area contributed by atoms with Gasteiger partial charge in [-0.15, -0.1) is 0 Å². The molecule has 6 heteroatoms. The number of anilines is 2. The van der Waals surface area contributed by atoms with Gasteiger partial charge in [0.25, 0.3) is 0 Å². The molecule has 17 heavy (non-hydrogen) atoms. The Hall–Kier alpha value is -1.43. The molecule has 0 aromatic carbocycles. The predicted molar refractivity (Wildman–Crippen MR) is 71.4 cm³/mol. The fourth-order valence-corrected chi connectivity index (χ4v) is 1.36. The Bertz CT molecular complexity index is 416. The largest absolute Gasteiger partial charge is 0.444 e. The van der Waals surface area contributed by atoms with Crippen molar-refractivity contribution >= 4 is 30.3 Å². The van der Waals surface area contributed by atoms with E-state index >= 15 is 0 Å². The Morgan fingerprint density at radius 1 is 1.47 bits per heavy atom. The SMILES string of the molecule is Cc1ncc(NC(=O)OC(C)(C)C)cc1NS. The number of aromatic nitrogens is 1. The molecule has 0 fully saturated rings. The third-order valence-corrected chi connectivity index (χ3v) is 2.09. The fraction of sp³-hybridized carbons (Fsp3) is 0.455. The van der Waals surface area contributed by atoms with Crippen molar-refractivity contribution in [2.75, 3.05) is 10.0 Å². The fourth-order valence-electron chi connectivity index (χ4n) is 1.14. The molecule has 0 aliphatic heterocycles. The van der Waals surface area contributed by atoms with Crippen molar-refractivity contribution in [2.45, 2.75) is 33.3 Å². The zero-order valence-corrected chi connectivity index (χ0v) is 11.3. The van der Waals surface area contributed by atoms with Crippen LogP contribution in [0.2, 0.25) is 0 Å². The van der Waals surface area contributed by atoms with Gasteiger partial charge in [-0.25, -0.2) is 4.79 Å². The maximum atomic E-state index is 11.5. The lowest BCUT2D eigenvalue weighted by Crippen LogP contribution is -2.27. The molecule has 0 atom stereocenters. The average Bonchev–Trinajstić information content (AvgIpc) is 2.18. The van der Waals surface area contributed by atoms with Gasteiger partial charge in [-0.1, -0.05) is 12.8 Å². The van der Waals surface area contributed by atoms with Crippen LogP contribution in [-0.2, 0) is 4.74 Å². The number of rotatable bonds is 2. The van der Waals surface area contributed by atoms with Crippen LogP contribution < -0.4 is 10.0 Å². The molecule has 2 N–H and O–H groups in total. The Morgan fingerprint density at radius 3 is 2.65 bits per heavy atom. The van der Waals surface area contributed by atoms with Crippen molar-refractivity contribution < 1.29 is 9.53 Å². The van der Waals surface area contributed by atoms with E-state index in [1.807, 2.05) is 6.92 Å². The van der Waals surface area contributed by atoms with Crippen molar-refractivity contribution in [3.63, 3.8) is 0 Å². The van der Waals surface area contributed by atoms with Crippen LogP contribution in [0.3, 0.4) is 0 Å². The third-order valence-electron chi connectivity index (χ3n) is 1.85. The van der Waals surface area contributed by atoms with Crippen molar-refractivity contribution in [2.24, 2.45) is 0 Å². The van der Waals surface area contributed by atoms with Gasteiger partial charge in [-0.2, -0.15) is 0 Å². The molecule has 1 heterocycles. The zero-order valence-electron chi connectivity index (χ0n) is 10.4. The normalized spacial score (nSPS) is 10.9. The van der Waals surface area contributed by atoms with E-state index in [0.717, 1.165) is 11.4 Å². The van der Waals surface area contributed by atoms with Crippen LogP contribution in [0.1, 0.15) is 26.5 Å². The molecular weight excluding hydrogens is 238 g/mol. The van der Waals surface area contributed by atoms with Gasteiger partial charge in [-0.3, -0.25) is 10.3 Å². The Labute approximate surface area is 107 Å². The van der Waals surface area contributed by atoms with Crippen molar-refractivity contribution in [3.05, 3.63) is 18.0 Å². The first-order valence-electron chi connectivity index (χ1n) is 5.18. The molecule has 0 unspecified atom stereocenters. The van der Waals surface area contributed by atoms with E-state index in [-0.39, 0.29) is 0 Å². The molecule has 0 spiro atoms. The highest BCUT2D eigenvalue weighted by atomic mass is 32.1. The van der Waals surface area contributed by atoms with Crippen molar-refractivity contribution in [3.8, 4) is 0 Å². The lowest BCUT2D eigenvalue weighted by molar-refractivity contribution is 0.0636. The van der Waals surface area contributed by atoms with E-state index in [4.69, 9.17) is 4.74 Å². The highest BCUT2D eigenvalue weighted by Gasteiger charge is 2.16. The Balaban J connectivity index is 2.72. The molecular formula is C11H17N3O2S. The highest BCUT2D eigenvalue weighted by Crippen LogP contribution is 2.19. The zero-order chi connectivity index (χ0) is 13.1. The van der Waals surface area contributed by atoms with Crippen molar-refractivity contribution in [1.82, 2.24) is 4.98 Å². The molecule has 5 nitrogen and oxygen atoms in total. The van der Waals surface area contributed by atoms with Gasteiger partial charge in [0.1, 0.15) is 5.60 Å². The quantitative estimate of drug-likeness (QED) is 0.711. The molecule has 94 valence electrons. The summed E-state index contributed by atoms with van der Waals surface area (Å²) in [5.74, 6) is 0. The topological polar surface area (TPSA) is 63.2 Å². The number of amides is 1. The standard InChI is InChI=1S/C11H17N3O2S/c1-7-9(14-17)5-8(6-12-7)13-10(15)16-11(2,3)4/h5-6,14,17H,1-4H3,(H,13,15). The third kappa shape index (κ3) is 4.52. The molecule has 0 saturated heterocycles. The minimum absolute atomic E-state index is 0.506.